The van der Waals surface area contributed by atoms with Crippen molar-refractivity contribution >= 4 is 5.69 Å². The zero-order valence-electron chi connectivity index (χ0n) is 11.6. The highest BCUT2D eigenvalue weighted by molar-refractivity contribution is 5.54. The molecule has 106 valence electrons. The molecule has 0 unspecified atom stereocenters. The predicted octanol–water partition coefficient (Wildman–Crippen LogP) is 2.24. The average molecular weight is 266 g/mol. The number of likely N-dealkylation sites (N-methyl/N-ethyl adjacent to an activating group) is 1. The number of aliphatic hydroxyl groups excluding tert-OH is 1. The first-order valence-corrected chi connectivity index (χ1v) is 7.11. The van der Waals surface area contributed by atoms with E-state index in [-0.39, 0.29) is 12.4 Å². The molecule has 0 amide bonds. The van der Waals surface area contributed by atoms with E-state index in [2.05, 4.69) is 9.80 Å². The molecule has 1 fully saturated rings. The van der Waals surface area contributed by atoms with Gasteiger partial charge in [0.2, 0.25) is 0 Å². The third kappa shape index (κ3) is 3.45. The van der Waals surface area contributed by atoms with Crippen LogP contribution in [0.5, 0.6) is 0 Å². The third-order valence-corrected chi connectivity index (χ3v) is 3.79. The molecule has 0 radical (unpaired) electrons. The number of anilines is 1. The van der Waals surface area contributed by atoms with Crippen LogP contribution in [0.2, 0.25) is 0 Å². The van der Waals surface area contributed by atoms with Crippen molar-refractivity contribution in [1.82, 2.24) is 4.90 Å². The molecular formula is C15H23FN2O. The van der Waals surface area contributed by atoms with E-state index in [0.29, 0.717) is 13.1 Å². The van der Waals surface area contributed by atoms with Gasteiger partial charge >= 0.3 is 0 Å². The van der Waals surface area contributed by atoms with Crippen molar-refractivity contribution in [3.63, 3.8) is 0 Å². The Kier molecular flexibility index (Phi) is 5.16. The molecule has 1 heterocycles. The van der Waals surface area contributed by atoms with Crippen molar-refractivity contribution in [1.29, 1.82) is 0 Å². The minimum atomic E-state index is -0.138. The van der Waals surface area contributed by atoms with E-state index in [1.165, 1.54) is 18.9 Å². The van der Waals surface area contributed by atoms with Crippen molar-refractivity contribution in [3.8, 4) is 0 Å². The molecule has 1 aliphatic heterocycles. The summed E-state index contributed by atoms with van der Waals surface area (Å²) in [5.74, 6) is -0.138. The highest BCUT2D eigenvalue weighted by atomic mass is 19.1. The molecule has 1 aliphatic rings. The summed E-state index contributed by atoms with van der Waals surface area (Å²) in [6.45, 7) is 6.15. The molecule has 1 aromatic rings. The normalized spacial score (nSPS) is 15.5. The first-order chi connectivity index (χ1) is 9.26. The van der Waals surface area contributed by atoms with Crippen LogP contribution in [0.15, 0.2) is 18.2 Å². The lowest BCUT2D eigenvalue weighted by Gasteiger charge is -2.25. The van der Waals surface area contributed by atoms with E-state index in [4.69, 9.17) is 5.11 Å². The summed E-state index contributed by atoms with van der Waals surface area (Å²) < 4.78 is 14.1. The number of hydrogen-bond acceptors (Lipinski definition) is 3. The SMILES string of the molecule is CCN(CCO)Cc1c(F)cccc1N1CCCC1. The number of benzene rings is 1. The van der Waals surface area contributed by atoms with Crippen LogP contribution in [0.1, 0.15) is 25.3 Å². The molecule has 19 heavy (non-hydrogen) atoms. The quantitative estimate of drug-likeness (QED) is 0.855. The Balaban J connectivity index is 2.21. The maximum atomic E-state index is 14.1. The van der Waals surface area contributed by atoms with Gasteiger partial charge in [0, 0.05) is 37.4 Å². The fourth-order valence-electron chi connectivity index (χ4n) is 2.67. The summed E-state index contributed by atoms with van der Waals surface area (Å²) in [5.41, 5.74) is 1.79. The Bertz CT molecular complexity index is 405. The topological polar surface area (TPSA) is 26.7 Å². The minimum absolute atomic E-state index is 0.112. The van der Waals surface area contributed by atoms with Crippen LogP contribution in [0, 0.1) is 5.82 Å². The Labute approximate surface area is 114 Å². The van der Waals surface area contributed by atoms with E-state index >= 15 is 0 Å². The Morgan fingerprint density at radius 1 is 1.32 bits per heavy atom. The van der Waals surface area contributed by atoms with Crippen molar-refractivity contribution < 1.29 is 9.50 Å². The summed E-state index contributed by atoms with van der Waals surface area (Å²) in [5, 5.41) is 9.05. The number of halogens is 1. The minimum Gasteiger partial charge on any atom is -0.395 e. The Morgan fingerprint density at radius 3 is 2.68 bits per heavy atom. The zero-order valence-corrected chi connectivity index (χ0v) is 11.6. The largest absolute Gasteiger partial charge is 0.395 e. The molecule has 1 saturated heterocycles. The number of aliphatic hydroxyl groups is 1. The summed E-state index contributed by atoms with van der Waals surface area (Å²) in [6, 6.07) is 5.33. The molecule has 0 spiro atoms. The van der Waals surface area contributed by atoms with Crippen molar-refractivity contribution in [2.45, 2.75) is 26.3 Å². The molecule has 0 saturated carbocycles. The fourth-order valence-corrected chi connectivity index (χ4v) is 2.67. The monoisotopic (exact) mass is 266 g/mol. The van der Waals surface area contributed by atoms with Gasteiger partial charge in [-0.05, 0) is 31.5 Å². The predicted molar refractivity (Wildman–Crippen MR) is 75.9 cm³/mol. The van der Waals surface area contributed by atoms with Crippen LogP contribution < -0.4 is 4.90 Å². The molecule has 2 rings (SSSR count). The highest BCUT2D eigenvalue weighted by Crippen LogP contribution is 2.27. The zero-order chi connectivity index (χ0) is 13.7. The molecular weight excluding hydrogens is 243 g/mol. The summed E-state index contributed by atoms with van der Waals surface area (Å²) in [7, 11) is 0. The van der Waals surface area contributed by atoms with Crippen LogP contribution in [0.25, 0.3) is 0 Å². The maximum Gasteiger partial charge on any atom is 0.129 e. The van der Waals surface area contributed by atoms with Gasteiger partial charge in [0.15, 0.2) is 0 Å². The van der Waals surface area contributed by atoms with E-state index in [9.17, 15) is 4.39 Å². The number of nitrogens with zero attached hydrogens (tertiary/aromatic N) is 2. The van der Waals surface area contributed by atoms with Crippen molar-refractivity contribution in [3.05, 3.63) is 29.6 Å². The molecule has 3 nitrogen and oxygen atoms in total. The molecule has 1 N–H and O–H groups in total. The lowest BCUT2D eigenvalue weighted by atomic mass is 10.1. The van der Waals surface area contributed by atoms with E-state index in [1.54, 1.807) is 6.07 Å². The van der Waals surface area contributed by atoms with Crippen LogP contribution in [0.4, 0.5) is 10.1 Å². The average Bonchev–Trinajstić information content (AvgIpc) is 2.94. The third-order valence-electron chi connectivity index (χ3n) is 3.79. The fraction of sp³-hybridized carbons (Fsp3) is 0.600. The summed E-state index contributed by atoms with van der Waals surface area (Å²) in [4.78, 5) is 4.34. The summed E-state index contributed by atoms with van der Waals surface area (Å²) in [6.07, 6.45) is 2.37. The molecule has 4 heteroatoms. The lowest BCUT2D eigenvalue weighted by Crippen LogP contribution is -2.28. The van der Waals surface area contributed by atoms with Crippen LogP contribution in [-0.2, 0) is 6.54 Å². The van der Waals surface area contributed by atoms with Gasteiger partial charge in [-0.15, -0.1) is 0 Å². The standard InChI is InChI=1S/C15H23FN2O/c1-2-17(10-11-19)12-13-14(16)6-5-7-15(13)18-8-3-4-9-18/h5-7,19H,2-4,8-12H2,1H3. The van der Waals surface area contributed by atoms with E-state index in [1.807, 2.05) is 13.0 Å². The van der Waals surface area contributed by atoms with Gasteiger partial charge in [-0.1, -0.05) is 13.0 Å². The van der Waals surface area contributed by atoms with Crippen LogP contribution in [-0.4, -0.2) is 42.8 Å². The first kappa shape index (κ1) is 14.3. The van der Waals surface area contributed by atoms with Gasteiger partial charge in [0.05, 0.1) is 6.61 Å². The Morgan fingerprint density at radius 2 is 2.05 bits per heavy atom. The smallest absolute Gasteiger partial charge is 0.129 e. The summed E-state index contributed by atoms with van der Waals surface area (Å²) >= 11 is 0. The lowest BCUT2D eigenvalue weighted by molar-refractivity contribution is 0.195. The van der Waals surface area contributed by atoms with Crippen LogP contribution >= 0.6 is 0 Å². The van der Waals surface area contributed by atoms with Gasteiger partial charge in [-0.2, -0.15) is 0 Å². The van der Waals surface area contributed by atoms with Gasteiger partial charge in [0.1, 0.15) is 5.82 Å². The first-order valence-electron chi connectivity index (χ1n) is 7.11. The highest BCUT2D eigenvalue weighted by Gasteiger charge is 2.19. The van der Waals surface area contributed by atoms with Crippen molar-refractivity contribution in [2.75, 3.05) is 37.7 Å². The van der Waals surface area contributed by atoms with E-state index in [0.717, 1.165) is 30.9 Å². The van der Waals surface area contributed by atoms with Crippen LogP contribution in [0.3, 0.4) is 0 Å². The van der Waals surface area contributed by atoms with Gasteiger partial charge < -0.3 is 10.0 Å². The second-order valence-electron chi connectivity index (χ2n) is 5.02. The van der Waals surface area contributed by atoms with Gasteiger partial charge in [-0.25, -0.2) is 4.39 Å². The van der Waals surface area contributed by atoms with Crippen molar-refractivity contribution in [2.24, 2.45) is 0 Å². The Hall–Kier alpha value is -1.13. The second-order valence-corrected chi connectivity index (χ2v) is 5.02. The molecule has 0 bridgehead atoms. The van der Waals surface area contributed by atoms with Gasteiger partial charge in [-0.3, -0.25) is 4.90 Å². The van der Waals surface area contributed by atoms with E-state index < -0.39 is 0 Å². The molecule has 0 aliphatic carbocycles. The number of hydrogen-bond donors (Lipinski definition) is 1. The maximum absolute atomic E-state index is 14.1. The second kappa shape index (κ2) is 6.87. The molecule has 1 aromatic carbocycles. The number of rotatable bonds is 6. The molecule has 0 aromatic heterocycles. The molecule has 0 atom stereocenters. The van der Waals surface area contributed by atoms with Gasteiger partial charge in [0.25, 0.3) is 0 Å².